The summed E-state index contributed by atoms with van der Waals surface area (Å²) < 4.78 is 0. The summed E-state index contributed by atoms with van der Waals surface area (Å²) >= 11 is 0. The molecule has 2 heteroatoms. The lowest BCUT2D eigenvalue weighted by Gasteiger charge is -2.14. The molecule has 0 aliphatic carbocycles. The lowest BCUT2D eigenvalue weighted by Crippen LogP contribution is -2.10. The number of phenols is 1. The Balaban J connectivity index is 2.88. The number of hydrogen-bond donors (Lipinski definition) is 2. The third kappa shape index (κ3) is 1.98. The van der Waals surface area contributed by atoms with Gasteiger partial charge in [-0.1, -0.05) is 19.1 Å². The molecule has 0 spiro atoms. The van der Waals surface area contributed by atoms with Crippen molar-refractivity contribution in [3.63, 3.8) is 0 Å². The van der Waals surface area contributed by atoms with E-state index >= 15 is 0 Å². The van der Waals surface area contributed by atoms with Gasteiger partial charge in [-0.25, -0.2) is 0 Å². The van der Waals surface area contributed by atoms with Gasteiger partial charge in [0.15, 0.2) is 0 Å². The van der Waals surface area contributed by atoms with Crippen LogP contribution in [0.5, 0.6) is 5.75 Å². The first-order chi connectivity index (χ1) is 5.61. The molecule has 1 aromatic carbocycles. The lowest BCUT2D eigenvalue weighted by molar-refractivity contribution is 0.169. The summed E-state index contributed by atoms with van der Waals surface area (Å²) in [5, 5.41) is 18.4. The maximum Gasteiger partial charge on any atom is 0.115 e. The van der Waals surface area contributed by atoms with Crippen LogP contribution in [-0.2, 0) is 0 Å². The molecule has 1 aromatic rings. The smallest absolute Gasteiger partial charge is 0.115 e. The molecule has 0 saturated carbocycles. The molecule has 0 fully saturated rings. The van der Waals surface area contributed by atoms with Crippen molar-refractivity contribution in [2.24, 2.45) is 0 Å². The standard InChI is InChI=1S/C10H14O2/c1-7(8(2)11)9-4-3-5-10(12)6-9/h3-8,11-12H,1-2H3. The first-order valence-electron chi connectivity index (χ1n) is 4.08. The molecule has 0 saturated heterocycles. The Kier molecular flexibility index (Phi) is 2.71. The molecule has 0 heterocycles. The van der Waals surface area contributed by atoms with Crippen molar-refractivity contribution in [1.29, 1.82) is 0 Å². The number of aliphatic hydroxyl groups excluding tert-OH is 1. The van der Waals surface area contributed by atoms with Crippen molar-refractivity contribution in [3.8, 4) is 5.75 Å². The van der Waals surface area contributed by atoms with E-state index < -0.39 is 0 Å². The van der Waals surface area contributed by atoms with Gasteiger partial charge in [0.25, 0.3) is 0 Å². The number of phenolic OH excluding ortho intramolecular Hbond substituents is 1. The summed E-state index contributed by atoms with van der Waals surface area (Å²) in [6, 6.07) is 6.98. The van der Waals surface area contributed by atoms with Crippen LogP contribution in [-0.4, -0.2) is 16.3 Å². The average Bonchev–Trinajstić information content (AvgIpc) is 2.03. The molecule has 0 aliphatic heterocycles. The van der Waals surface area contributed by atoms with Gasteiger partial charge in [-0.2, -0.15) is 0 Å². The number of benzene rings is 1. The van der Waals surface area contributed by atoms with Crippen LogP contribution in [0.25, 0.3) is 0 Å². The molecule has 12 heavy (non-hydrogen) atoms. The Bertz CT molecular complexity index is 256. The zero-order chi connectivity index (χ0) is 9.14. The lowest BCUT2D eigenvalue weighted by atomic mass is 9.96. The molecular weight excluding hydrogens is 152 g/mol. The Morgan fingerprint density at radius 1 is 1.25 bits per heavy atom. The van der Waals surface area contributed by atoms with E-state index in [4.69, 9.17) is 5.11 Å². The number of aliphatic hydroxyl groups is 1. The summed E-state index contributed by atoms with van der Waals surface area (Å²) in [4.78, 5) is 0. The monoisotopic (exact) mass is 166 g/mol. The van der Waals surface area contributed by atoms with Gasteiger partial charge in [0.1, 0.15) is 5.75 Å². The van der Waals surface area contributed by atoms with E-state index in [1.54, 1.807) is 25.1 Å². The molecule has 0 radical (unpaired) electrons. The van der Waals surface area contributed by atoms with Gasteiger partial charge >= 0.3 is 0 Å². The fourth-order valence-corrected chi connectivity index (χ4v) is 1.09. The van der Waals surface area contributed by atoms with Crippen molar-refractivity contribution in [1.82, 2.24) is 0 Å². The zero-order valence-corrected chi connectivity index (χ0v) is 7.36. The van der Waals surface area contributed by atoms with E-state index in [0.717, 1.165) is 5.56 Å². The van der Waals surface area contributed by atoms with Crippen LogP contribution in [0, 0.1) is 0 Å². The highest BCUT2D eigenvalue weighted by Gasteiger charge is 2.10. The maximum absolute atomic E-state index is 9.28. The van der Waals surface area contributed by atoms with Crippen molar-refractivity contribution in [2.45, 2.75) is 25.9 Å². The molecule has 2 N–H and O–H groups in total. The topological polar surface area (TPSA) is 40.5 Å². The van der Waals surface area contributed by atoms with Gasteiger partial charge < -0.3 is 10.2 Å². The van der Waals surface area contributed by atoms with E-state index in [1.165, 1.54) is 0 Å². The Morgan fingerprint density at radius 3 is 2.42 bits per heavy atom. The summed E-state index contributed by atoms with van der Waals surface area (Å²) in [5.74, 6) is 0.317. The predicted octanol–water partition coefficient (Wildman–Crippen LogP) is 1.88. The second kappa shape index (κ2) is 3.59. The van der Waals surface area contributed by atoms with Crippen LogP contribution in [0.15, 0.2) is 24.3 Å². The van der Waals surface area contributed by atoms with E-state index in [2.05, 4.69) is 0 Å². The molecule has 2 unspecified atom stereocenters. The highest BCUT2D eigenvalue weighted by molar-refractivity contribution is 5.29. The number of hydrogen-bond acceptors (Lipinski definition) is 2. The number of aromatic hydroxyl groups is 1. The zero-order valence-electron chi connectivity index (χ0n) is 7.36. The van der Waals surface area contributed by atoms with Crippen LogP contribution < -0.4 is 0 Å². The molecule has 1 rings (SSSR count). The van der Waals surface area contributed by atoms with E-state index in [0.29, 0.717) is 0 Å². The highest BCUT2D eigenvalue weighted by Crippen LogP contribution is 2.22. The number of rotatable bonds is 2. The maximum atomic E-state index is 9.28. The minimum Gasteiger partial charge on any atom is -0.508 e. The molecule has 66 valence electrons. The second-order valence-corrected chi connectivity index (χ2v) is 3.12. The largest absolute Gasteiger partial charge is 0.508 e. The normalized spacial score (nSPS) is 15.6. The van der Waals surface area contributed by atoms with Crippen LogP contribution in [0.1, 0.15) is 25.3 Å². The summed E-state index contributed by atoms with van der Waals surface area (Å²) in [6.45, 7) is 3.67. The first-order valence-corrected chi connectivity index (χ1v) is 4.08. The van der Waals surface area contributed by atoms with Crippen LogP contribution in [0.4, 0.5) is 0 Å². The van der Waals surface area contributed by atoms with Gasteiger partial charge in [-0.15, -0.1) is 0 Å². The van der Waals surface area contributed by atoms with Crippen LogP contribution >= 0.6 is 0 Å². The third-order valence-corrected chi connectivity index (χ3v) is 2.12. The van der Waals surface area contributed by atoms with Gasteiger partial charge in [-0.05, 0) is 24.6 Å². The van der Waals surface area contributed by atoms with E-state index in [-0.39, 0.29) is 17.8 Å². The summed E-state index contributed by atoms with van der Waals surface area (Å²) in [5.41, 5.74) is 0.963. The molecule has 0 bridgehead atoms. The first kappa shape index (κ1) is 9.07. The van der Waals surface area contributed by atoms with Gasteiger partial charge in [0.2, 0.25) is 0 Å². The Morgan fingerprint density at radius 2 is 1.92 bits per heavy atom. The van der Waals surface area contributed by atoms with Crippen molar-refractivity contribution in [2.75, 3.05) is 0 Å². The summed E-state index contributed by atoms with van der Waals surface area (Å²) in [7, 11) is 0. The van der Waals surface area contributed by atoms with Crippen LogP contribution in [0.2, 0.25) is 0 Å². The second-order valence-electron chi connectivity index (χ2n) is 3.12. The van der Waals surface area contributed by atoms with E-state index in [9.17, 15) is 5.11 Å². The molecule has 2 atom stereocenters. The average molecular weight is 166 g/mol. The van der Waals surface area contributed by atoms with E-state index in [1.807, 2.05) is 13.0 Å². The minimum absolute atomic E-state index is 0.0668. The van der Waals surface area contributed by atoms with Gasteiger partial charge in [0, 0.05) is 5.92 Å². The van der Waals surface area contributed by atoms with Gasteiger partial charge in [0.05, 0.1) is 6.10 Å². The minimum atomic E-state index is -0.383. The third-order valence-electron chi connectivity index (χ3n) is 2.12. The Hall–Kier alpha value is -1.02. The summed E-state index contributed by atoms with van der Waals surface area (Å²) in [6.07, 6.45) is -0.383. The van der Waals surface area contributed by atoms with Crippen molar-refractivity contribution >= 4 is 0 Å². The predicted molar refractivity (Wildman–Crippen MR) is 48.2 cm³/mol. The highest BCUT2D eigenvalue weighted by atomic mass is 16.3. The molecule has 0 aliphatic rings. The molecule has 2 nitrogen and oxygen atoms in total. The Labute approximate surface area is 72.5 Å². The fraction of sp³-hybridized carbons (Fsp3) is 0.400. The molecule has 0 aromatic heterocycles. The van der Waals surface area contributed by atoms with Crippen molar-refractivity contribution < 1.29 is 10.2 Å². The quantitative estimate of drug-likeness (QED) is 0.704. The van der Waals surface area contributed by atoms with Crippen molar-refractivity contribution in [3.05, 3.63) is 29.8 Å². The SMILES string of the molecule is CC(O)C(C)c1cccc(O)c1. The van der Waals surface area contributed by atoms with Gasteiger partial charge in [-0.3, -0.25) is 0 Å². The van der Waals surface area contributed by atoms with Crippen LogP contribution in [0.3, 0.4) is 0 Å². The fourth-order valence-electron chi connectivity index (χ4n) is 1.09. The molecule has 0 amide bonds. The molecular formula is C10H14O2.